The average molecular weight is 571 g/mol. The maximum absolute atomic E-state index is 12.7. The van der Waals surface area contributed by atoms with Crippen LogP contribution in [0.5, 0.6) is 0 Å². The predicted molar refractivity (Wildman–Crippen MR) is 124 cm³/mol. The zero-order valence-electron chi connectivity index (χ0n) is 17.1. The molecule has 2 rings (SSSR count). The lowest BCUT2D eigenvalue weighted by Crippen LogP contribution is -2.39. The molecule has 0 saturated heterocycles. The first-order chi connectivity index (χ1) is 14.1. The van der Waals surface area contributed by atoms with Crippen LogP contribution in [0.4, 0.5) is 13.2 Å². The topological polar surface area (TPSA) is 86.7 Å². The first-order valence-corrected chi connectivity index (χ1v) is 10.7. The van der Waals surface area contributed by atoms with E-state index in [1.54, 1.807) is 11.9 Å². The molecule has 0 radical (unpaired) electrons. The van der Waals surface area contributed by atoms with Crippen molar-refractivity contribution in [3.8, 4) is 0 Å². The Balaban J connectivity index is 0.00000480. The number of hydrogen-bond acceptors (Lipinski definition) is 4. The molecule has 31 heavy (non-hydrogen) atoms. The van der Waals surface area contributed by atoms with Gasteiger partial charge in [0.25, 0.3) is 0 Å². The zero-order valence-corrected chi connectivity index (χ0v) is 20.2. The second-order valence-corrected chi connectivity index (χ2v) is 8.14. The summed E-state index contributed by atoms with van der Waals surface area (Å²) >= 11 is 0. The molecular weight excluding hydrogens is 546 g/mol. The molecule has 0 bridgehead atoms. The molecule has 0 atom stereocenters. The van der Waals surface area contributed by atoms with E-state index in [0.717, 1.165) is 12.1 Å². The molecule has 0 aliphatic rings. The summed E-state index contributed by atoms with van der Waals surface area (Å²) in [6.45, 7) is 3.06. The van der Waals surface area contributed by atoms with Crippen molar-refractivity contribution in [1.82, 2.24) is 19.9 Å². The molecule has 0 fully saturated rings. The number of hydrogen-bond donors (Lipinski definition) is 2. The molecule has 0 saturated carbocycles. The summed E-state index contributed by atoms with van der Waals surface area (Å²) < 4.78 is 64.8. The Bertz CT molecular complexity index is 939. The van der Waals surface area contributed by atoms with Crippen LogP contribution in [0.15, 0.2) is 58.7 Å². The van der Waals surface area contributed by atoms with Gasteiger partial charge in [-0.2, -0.15) is 13.2 Å². The molecule has 1 aromatic heterocycles. The Kier molecular flexibility index (Phi) is 10.7. The van der Waals surface area contributed by atoms with Crippen molar-refractivity contribution in [2.75, 3.05) is 26.7 Å². The van der Waals surface area contributed by atoms with Gasteiger partial charge in [-0.3, -0.25) is 9.98 Å². The highest BCUT2D eigenvalue weighted by molar-refractivity contribution is 14.0. The Morgan fingerprint density at radius 3 is 2.42 bits per heavy atom. The van der Waals surface area contributed by atoms with Gasteiger partial charge >= 0.3 is 6.18 Å². The number of pyridine rings is 1. The van der Waals surface area contributed by atoms with E-state index in [-0.39, 0.29) is 42.0 Å². The molecule has 2 N–H and O–H groups in total. The SMILES string of the molecule is CCNC(=NCCNS(=O)(=O)c1cccnc1)N(C)Cc1ccc(C(F)(F)F)cc1.I. The first kappa shape index (κ1) is 27.1. The number of aliphatic imine (C=N–C) groups is 1. The number of aromatic nitrogens is 1. The van der Waals surface area contributed by atoms with Crippen LogP contribution in [0.3, 0.4) is 0 Å². The van der Waals surface area contributed by atoms with Crippen LogP contribution in [0.1, 0.15) is 18.1 Å². The third-order valence-electron chi connectivity index (χ3n) is 4.01. The van der Waals surface area contributed by atoms with Gasteiger partial charge in [0.15, 0.2) is 5.96 Å². The second-order valence-electron chi connectivity index (χ2n) is 6.37. The summed E-state index contributed by atoms with van der Waals surface area (Å²) in [4.78, 5) is 9.98. The fourth-order valence-electron chi connectivity index (χ4n) is 2.55. The fourth-order valence-corrected chi connectivity index (χ4v) is 3.53. The van der Waals surface area contributed by atoms with E-state index in [9.17, 15) is 21.6 Å². The van der Waals surface area contributed by atoms with Gasteiger partial charge in [0.05, 0.1) is 12.1 Å². The minimum Gasteiger partial charge on any atom is -0.357 e. The molecule has 0 unspecified atom stereocenters. The maximum atomic E-state index is 12.7. The standard InChI is InChI=1S/C19H24F3N5O2S.HI/c1-3-24-18(25-11-12-26-30(28,29)17-5-4-10-23-13-17)27(2)14-15-6-8-16(9-7-15)19(20,21)22;/h4-10,13,26H,3,11-12,14H2,1-2H3,(H,24,25);1H. The minimum absolute atomic E-state index is 0. The van der Waals surface area contributed by atoms with Gasteiger partial charge in [-0.1, -0.05) is 12.1 Å². The summed E-state index contributed by atoms with van der Waals surface area (Å²) in [6, 6.07) is 7.91. The van der Waals surface area contributed by atoms with Crippen LogP contribution >= 0.6 is 24.0 Å². The fraction of sp³-hybridized carbons (Fsp3) is 0.368. The Morgan fingerprint density at radius 2 is 1.87 bits per heavy atom. The smallest absolute Gasteiger partial charge is 0.357 e. The summed E-state index contributed by atoms with van der Waals surface area (Å²) in [7, 11) is -1.91. The molecule has 7 nitrogen and oxygen atoms in total. The van der Waals surface area contributed by atoms with Crippen molar-refractivity contribution in [3.05, 3.63) is 59.9 Å². The van der Waals surface area contributed by atoms with Gasteiger partial charge in [0.2, 0.25) is 10.0 Å². The van der Waals surface area contributed by atoms with E-state index < -0.39 is 21.8 Å². The van der Waals surface area contributed by atoms with Crippen LogP contribution in [-0.2, 0) is 22.7 Å². The van der Waals surface area contributed by atoms with Gasteiger partial charge < -0.3 is 10.2 Å². The number of halogens is 4. The Hall–Kier alpha value is -1.93. The van der Waals surface area contributed by atoms with E-state index in [1.165, 1.54) is 36.7 Å². The molecule has 0 aliphatic heterocycles. The number of nitrogens with one attached hydrogen (secondary N) is 2. The van der Waals surface area contributed by atoms with Crippen LogP contribution in [0.25, 0.3) is 0 Å². The van der Waals surface area contributed by atoms with Gasteiger partial charge in [0, 0.05) is 39.1 Å². The summed E-state index contributed by atoms with van der Waals surface area (Å²) in [6.07, 6.45) is -1.63. The highest BCUT2D eigenvalue weighted by atomic mass is 127. The van der Waals surface area contributed by atoms with Crippen molar-refractivity contribution in [1.29, 1.82) is 0 Å². The third kappa shape index (κ3) is 8.61. The number of guanidine groups is 1. The molecule has 1 heterocycles. The largest absolute Gasteiger partial charge is 0.416 e. The Labute approximate surface area is 197 Å². The molecule has 2 aromatic rings. The number of nitrogens with zero attached hydrogens (tertiary/aromatic N) is 3. The molecule has 1 aromatic carbocycles. The molecule has 0 amide bonds. The normalized spacial score (nSPS) is 12.2. The van der Waals surface area contributed by atoms with E-state index in [0.29, 0.717) is 24.6 Å². The van der Waals surface area contributed by atoms with Gasteiger partial charge in [-0.25, -0.2) is 13.1 Å². The molecule has 0 aliphatic carbocycles. The van der Waals surface area contributed by atoms with Crippen molar-refractivity contribution in [2.45, 2.75) is 24.5 Å². The Morgan fingerprint density at radius 1 is 1.19 bits per heavy atom. The summed E-state index contributed by atoms with van der Waals surface area (Å²) in [5, 5.41) is 3.08. The minimum atomic E-state index is -4.37. The van der Waals surface area contributed by atoms with E-state index in [4.69, 9.17) is 0 Å². The monoisotopic (exact) mass is 571 g/mol. The van der Waals surface area contributed by atoms with Crippen molar-refractivity contribution >= 4 is 40.0 Å². The third-order valence-corrected chi connectivity index (χ3v) is 5.45. The van der Waals surface area contributed by atoms with Gasteiger partial charge in [-0.15, -0.1) is 24.0 Å². The molecule has 0 spiro atoms. The van der Waals surface area contributed by atoms with Crippen LogP contribution in [-0.4, -0.2) is 50.9 Å². The highest BCUT2D eigenvalue weighted by Crippen LogP contribution is 2.29. The van der Waals surface area contributed by atoms with E-state index in [2.05, 4.69) is 20.0 Å². The number of sulfonamides is 1. The number of alkyl halides is 3. The van der Waals surface area contributed by atoms with E-state index >= 15 is 0 Å². The van der Waals surface area contributed by atoms with Crippen molar-refractivity contribution in [2.24, 2.45) is 4.99 Å². The predicted octanol–water partition coefficient (Wildman–Crippen LogP) is 3.09. The lowest BCUT2D eigenvalue weighted by atomic mass is 10.1. The molecule has 172 valence electrons. The quantitative estimate of drug-likeness (QED) is 0.220. The number of rotatable bonds is 8. The van der Waals surface area contributed by atoms with Crippen molar-refractivity contribution in [3.63, 3.8) is 0 Å². The molecular formula is C19H25F3IN5O2S. The maximum Gasteiger partial charge on any atom is 0.416 e. The van der Waals surface area contributed by atoms with Crippen molar-refractivity contribution < 1.29 is 21.6 Å². The van der Waals surface area contributed by atoms with Gasteiger partial charge in [-0.05, 0) is 36.8 Å². The van der Waals surface area contributed by atoms with E-state index in [1.807, 2.05) is 6.92 Å². The highest BCUT2D eigenvalue weighted by Gasteiger charge is 2.29. The lowest BCUT2D eigenvalue weighted by Gasteiger charge is -2.22. The molecule has 12 heteroatoms. The van der Waals surface area contributed by atoms with Crippen LogP contribution < -0.4 is 10.0 Å². The van der Waals surface area contributed by atoms with Gasteiger partial charge in [0.1, 0.15) is 4.90 Å². The van der Waals surface area contributed by atoms with Crippen LogP contribution in [0, 0.1) is 0 Å². The number of benzene rings is 1. The van der Waals surface area contributed by atoms with Crippen LogP contribution in [0.2, 0.25) is 0 Å². The summed E-state index contributed by atoms with van der Waals surface area (Å²) in [5.74, 6) is 0.512. The second kappa shape index (κ2) is 12.2. The zero-order chi connectivity index (χ0) is 22.2. The lowest BCUT2D eigenvalue weighted by molar-refractivity contribution is -0.137. The first-order valence-electron chi connectivity index (χ1n) is 9.18. The average Bonchev–Trinajstić information content (AvgIpc) is 2.70. The summed E-state index contributed by atoms with van der Waals surface area (Å²) in [5.41, 5.74) is -0.0104.